The molecule has 0 amide bonds. The van der Waals surface area contributed by atoms with Crippen LogP contribution in [0.3, 0.4) is 0 Å². The van der Waals surface area contributed by atoms with Crippen LogP contribution in [0.4, 0.5) is 0 Å². The van der Waals surface area contributed by atoms with Crippen molar-refractivity contribution in [2.75, 3.05) is 6.54 Å². The molecule has 7 aromatic rings. The van der Waals surface area contributed by atoms with Crippen LogP contribution in [0.25, 0.3) is 60.5 Å². The van der Waals surface area contributed by atoms with E-state index in [-0.39, 0.29) is 17.7 Å². The third-order valence-corrected chi connectivity index (χ3v) is 9.29. The molecule has 50 heavy (non-hydrogen) atoms. The minimum atomic E-state index is -1.13. The van der Waals surface area contributed by atoms with Crippen LogP contribution in [0.5, 0.6) is 0 Å². The highest BCUT2D eigenvalue weighted by Gasteiger charge is 2.18. The van der Waals surface area contributed by atoms with Crippen molar-refractivity contribution in [3.63, 3.8) is 0 Å². The van der Waals surface area contributed by atoms with Crippen molar-refractivity contribution in [2.24, 2.45) is 0 Å². The molecule has 0 radical (unpaired) electrons. The van der Waals surface area contributed by atoms with Crippen LogP contribution >= 0.6 is 0 Å². The van der Waals surface area contributed by atoms with Gasteiger partial charge in [-0.15, -0.1) is 0 Å². The van der Waals surface area contributed by atoms with Gasteiger partial charge in [0, 0.05) is 23.9 Å². The topological polar surface area (TPSA) is 112 Å². The van der Waals surface area contributed by atoms with Crippen LogP contribution in [-0.4, -0.2) is 38.7 Å². The number of aryl methyl sites for hydroxylation is 2. The number of aliphatic carboxylic acids is 1. The average molecular weight is 652 g/mol. The van der Waals surface area contributed by atoms with E-state index in [2.05, 4.69) is 108 Å². The Bertz CT molecular complexity index is 2670. The summed E-state index contributed by atoms with van der Waals surface area (Å²) in [6, 6.07) is 30.2. The summed E-state index contributed by atoms with van der Waals surface area (Å²) in [4.78, 5) is 32.8. The molecule has 3 N–H and O–H groups in total. The van der Waals surface area contributed by atoms with E-state index in [0.717, 1.165) is 16.3 Å². The monoisotopic (exact) mass is 651 g/mol. The Morgan fingerprint density at radius 2 is 1.44 bits per heavy atom. The molecule has 7 nitrogen and oxygen atoms in total. The number of hydrogen-bond donors (Lipinski definition) is 3. The van der Waals surface area contributed by atoms with Crippen LogP contribution in [0.2, 0.25) is 0 Å². The Balaban J connectivity index is 1.21. The fourth-order valence-corrected chi connectivity index (χ4v) is 6.93. The molecular weight excluding hydrogens is 622 g/mol. The van der Waals surface area contributed by atoms with Crippen molar-refractivity contribution in [1.82, 2.24) is 15.3 Å². The molecule has 7 heteroatoms. The summed E-state index contributed by atoms with van der Waals surface area (Å²) in [5, 5.41) is 29.4. The van der Waals surface area contributed by atoms with Crippen molar-refractivity contribution in [3.05, 3.63) is 148 Å². The molecule has 0 saturated carbocycles. The van der Waals surface area contributed by atoms with E-state index in [1.54, 1.807) is 24.4 Å². The molecule has 240 valence electrons. The Morgan fingerprint density at radius 1 is 0.740 bits per heavy atom. The van der Waals surface area contributed by atoms with Crippen molar-refractivity contribution in [2.45, 2.75) is 13.8 Å². The molecule has 0 bridgehead atoms. The first kappa shape index (κ1) is 30.5. The molecule has 8 rings (SSSR count). The number of nitrogens with zero attached hydrogens (tertiary/aromatic N) is 2. The van der Waals surface area contributed by atoms with Gasteiger partial charge in [-0.25, -0.2) is 14.6 Å². The number of benzene rings is 5. The van der Waals surface area contributed by atoms with Gasteiger partial charge in [0.25, 0.3) is 0 Å². The first-order valence-electron chi connectivity index (χ1n) is 16.2. The van der Waals surface area contributed by atoms with Crippen LogP contribution in [0, 0.1) is 25.7 Å². The number of carbonyl (C=O) groups is 2. The summed E-state index contributed by atoms with van der Waals surface area (Å²) < 4.78 is 0. The van der Waals surface area contributed by atoms with Crippen molar-refractivity contribution in [1.29, 1.82) is 0 Å². The largest absolute Gasteiger partial charge is 0.478 e. The lowest BCUT2D eigenvalue weighted by Crippen LogP contribution is -2.20. The van der Waals surface area contributed by atoms with Crippen LogP contribution in [0.1, 0.15) is 38.3 Å². The highest BCUT2D eigenvalue weighted by Crippen LogP contribution is 2.41. The highest BCUT2D eigenvalue weighted by molar-refractivity contribution is 6.26. The summed E-state index contributed by atoms with van der Waals surface area (Å²) >= 11 is 0. The van der Waals surface area contributed by atoms with E-state index in [4.69, 9.17) is 0 Å². The predicted octanol–water partition coefficient (Wildman–Crippen LogP) is 8.38. The number of dihydropyridines is 1. The molecule has 2 aromatic heterocycles. The molecule has 0 atom stereocenters. The molecule has 1 aliphatic heterocycles. The lowest BCUT2D eigenvalue weighted by atomic mass is 9.86. The maximum absolute atomic E-state index is 12.1. The number of rotatable bonds is 5. The van der Waals surface area contributed by atoms with Gasteiger partial charge in [-0.1, -0.05) is 78.6 Å². The van der Waals surface area contributed by atoms with E-state index in [1.165, 1.54) is 62.0 Å². The molecule has 0 spiro atoms. The SMILES string of the molecule is Cc1cccc(C)c1-c1ccc2ccc3c(C#Cc4ccnc(-c5cc(C(=O)O)cc(C6=CC(C(=O)O)=CCN6)n5)c4)ccc4ccc1c2c43. The van der Waals surface area contributed by atoms with Crippen LogP contribution < -0.4 is 5.32 Å². The second-order valence-electron chi connectivity index (χ2n) is 12.4. The van der Waals surface area contributed by atoms with Gasteiger partial charge in [0.2, 0.25) is 0 Å². The number of carboxylic acids is 2. The van der Waals surface area contributed by atoms with Gasteiger partial charge in [0.1, 0.15) is 0 Å². The lowest BCUT2D eigenvalue weighted by Gasteiger charge is -2.17. The Morgan fingerprint density at radius 3 is 2.20 bits per heavy atom. The second kappa shape index (κ2) is 12.0. The van der Waals surface area contributed by atoms with Crippen LogP contribution in [-0.2, 0) is 4.79 Å². The molecule has 5 aromatic carbocycles. The number of carboxylic acid groups (broad SMARTS) is 2. The van der Waals surface area contributed by atoms with Crippen molar-refractivity contribution in [3.8, 4) is 34.4 Å². The molecule has 1 aliphatic rings. The minimum absolute atomic E-state index is 0.00630. The molecular formula is C43H29N3O4. The fourth-order valence-electron chi connectivity index (χ4n) is 6.93. The zero-order valence-corrected chi connectivity index (χ0v) is 27.2. The van der Waals surface area contributed by atoms with Gasteiger partial charge in [-0.05, 0) is 105 Å². The molecule has 3 heterocycles. The normalized spacial score (nSPS) is 12.7. The minimum Gasteiger partial charge on any atom is -0.478 e. The van der Waals surface area contributed by atoms with E-state index in [9.17, 15) is 19.8 Å². The Kier molecular flexibility index (Phi) is 7.35. The summed E-state index contributed by atoms with van der Waals surface area (Å²) in [6.45, 7) is 4.61. The first-order chi connectivity index (χ1) is 24.2. The van der Waals surface area contributed by atoms with Crippen molar-refractivity contribution >= 4 is 50.0 Å². The van der Waals surface area contributed by atoms with Gasteiger partial charge in [0.05, 0.1) is 33.9 Å². The van der Waals surface area contributed by atoms with Gasteiger partial charge in [-0.3, -0.25) is 4.98 Å². The average Bonchev–Trinajstić information content (AvgIpc) is 3.13. The molecule has 0 saturated heterocycles. The van der Waals surface area contributed by atoms with E-state index in [1.807, 2.05) is 0 Å². The highest BCUT2D eigenvalue weighted by atomic mass is 16.4. The maximum atomic E-state index is 12.1. The summed E-state index contributed by atoms with van der Waals surface area (Å²) in [5.74, 6) is 4.49. The Labute approximate surface area is 287 Å². The summed E-state index contributed by atoms with van der Waals surface area (Å²) in [7, 11) is 0. The molecule has 0 aliphatic carbocycles. The van der Waals surface area contributed by atoms with Crippen molar-refractivity contribution < 1.29 is 19.8 Å². The standard InChI is InChI=1S/C43H29N3O4/c1-24-4-3-5-25(2)39(24)33-14-11-29-10-13-32-27(8-9-28-12-15-34(33)41(29)40(28)32)7-6-26-16-18-44-35(20-26)37-22-31(43(49)50)23-38(46-37)36-21-30(42(47)48)17-19-45-36/h3-5,8-18,20-23,45H,19H2,1-2H3,(H,47,48)(H,49,50). The number of aromatic nitrogens is 2. The van der Waals surface area contributed by atoms with Gasteiger partial charge >= 0.3 is 11.9 Å². The van der Waals surface area contributed by atoms with E-state index >= 15 is 0 Å². The third kappa shape index (κ3) is 5.29. The number of hydrogen-bond acceptors (Lipinski definition) is 5. The Hall–Kier alpha value is -6.78. The zero-order valence-electron chi connectivity index (χ0n) is 27.2. The smallest absolute Gasteiger partial charge is 0.335 e. The van der Waals surface area contributed by atoms with Gasteiger partial charge < -0.3 is 15.5 Å². The van der Waals surface area contributed by atoms with E-state index in [0.29, 0.717) is 28.3 Å². The summed E-state index contributed by atoms with van der Waals surface area (Å²) in [6.07, 6.45) is 4.61. The predicted molar refractivity (Wildman–Crippen MR) is 197 cm³/mol. The van der Waals surface area contributed by atoms with Gasteiger partial charge in [0.15, 0.2) is 0 Å². The summed E-state index contributed by atoms with van der Waals surface area (Å²) in [5.41, 5.74) is 8.18. The molecule has 0 unspecified atom stereocenters. The van der Waals surface area contributed by atoms with Crippen LogP contribution in [0.15, 0.2) is 115 Å². The lowest BCUT2D eigenvalue weighted by molar-refractivity contribution is -0.132. The quantitative estimate of drug-likeness (QED) is 0.127. The maximum Gasteiger partial charge on any atom is 0.335 e. The third-order valence-electron chi connectivity index (χ3n) is 9.29. The second-order valence-corrected chi connectivity index (χ2v) is 12.4. The zero-order chi connectivity index (χ0) is 34.5. The fraction of sp³-hybridized carbons (Fsp3) is 0.0698. The first-order valence-corrected chi connectivity index (χ1v) is 16.2. The van der Waals surface area contributed by atoms with E-state index < -0.39 is 11.9 Å². The van der Waals surface area contributed by atoms with Gasteiger partial charge in [-0.2, -0.15) is 0 Å². The number of pyridine rings is 2. The number of aromatic carboxylic acids is 1. The number of nitrogens with one attached hydrogen (secondary N) is 1. The molecule has 0 fully saturated rings.